The maximum Gasteiger partial charge on any atom is 0.418 e. The maximum atomic E-state index is 12.1. The zero-order valence-electron chi connectivity index (χ0n) is 10.5. The third-order valence-electron chi connectivity index (χ3n) is 3.34. The standard InChI is InChI=1S/C9H12N4O6S/c1-5-10-8(11-18-5)7-3-2-6-4-12(7)9(14)13(6)19-20(15,16)17/h6-7H,2-4H2,1H3,(H,15,16,17)/t6?,7-/m0/s1. The summed E-state index contributed by atoms with van der Waals surface area (Å²) in [6.45, 7) is 1.92. The highest BCUT2D eigenvalue weighted by molar-refractivity contribution is 7.80. The van der Waals surface area contributed by atoms with Crippen molar-refractivity contribution in [2.75, 3.05) is 6.54 Å². The van der Waals surface area contributed by atoms with Crippen molar-refractivity contribution in [1.82, 2.24) is 20.1 Å². The predicted molar refractivity (Wildman–Crippen MR) is 61.4 cm³/mol. The molecule has 110 valence electrons. The van der Waals surface area contributed by atoms with Crippen molar-refractivity contribution in [3.63, 3.8) is 0 Å². The maximum absolute atomic E-state index is 12.1. The molecule has 11 heteroatoms. The van der Waals surface area contributed by atoms with E-state index >= 15 is 0 Å². The Labute approximate surface area is 114 Å². The van der Waals surface area contributed by atoms with Gasteiger partial charge in [0.05, 0.1) is 12.1 Å². The molecule has 0 spiro atoms. The quantitative estimate of drug-likeness (QED) is 0.776. The van der Waals surface area contributed by atoms with Crippen molar-refractivity contribution in [2.24, 2.45) is 0 Å². The number of carbonyl (C=O) groups is 1. The minimum absolute atomic E-state index is 0.284. The number of hydroxylamine groups is 2. The van der Waals surface area contributed by atoms with E-state index in [0.717, 1.165) is 0 Å². The molecular formula is C9H12N4O6S. The average Bonchev–Trinajstić information content (AvgIpc) is 2.88. The zero-order chi connectivity index (χ0) is 14.5. The Hall–Kier alpha value is -1.72. The van der Waals surface area contributed by atoms with E-state index in [1.807, 2.05) is 0 Å². The molecule has 20 heavy (non-hydrogen) atoms. The van der Waals surface area contributed by atoms with Gasteiger partial charge in [0.25, 0.3) is 0 Å². The van der Waals surface area contributed by atoms with Gasteiger partial charge in [-0.15, -0.1) is 4.28 Å². The summed E-state index contributed by atoms with van der Waals surface area (Å²) in [7, 11) is -4.73. The zero-order valence-corrected chi connectivity index (χ0v) is 11.3. The number of hydrogen-bond donors (Lipinski definition) is 1. The van der Waals surface area contributed by atoms with E-state index in [2.05, 4.69) is 14.4 Å². The topological polar surface area (TPSA) is 126 Å². The van der Waals surface area contributed by atoms with Crippen LogP contribution in [0.15, 0.2) is 4.52 Å². The van der Waals surface area contributed by atoms with Gasteiger partial charge in [0.2, 0.25) is 5.89 Å². The first-order chi connectivity index (χ1) is 9.35. The first kappa shape index (κ1) is 13.3. The van der Waals surface area contributed by atoms with Crippen LogP contribution in [0.1, 0.15) is 30.6 Å². The van der Waals surface area contributed by atoms with Crippen LogP contribution in [0.2, 0.25) is 0 Å². The lowest BCUT2D eigenvalue weighted by Gasteiger charge is -2.27. The lowest BCUT2D eigenvalue weighted by molar-refractivity contribution is -0.0317. The molecule has 0 radical (unpaired) electrons. The lowest BCUT2D eigenvalue weighted by Crippen LogP contribution is -2.35. The van der Waals surface area contributed by atoms with Crippen LogP contribution in [-0.2, 0) is 14.7 Å². The molecule has 2 bridgehead atoms. The highest BCUT2D eigenvalue weighted by Gasteiger charge is 2.48. The number of rotatable bonds is 3. The molecule has 1 N–H and O–H groups in total. The van der Waals surface area contributed by atoms with Crippen LogP contribution in [0, 0.1) is 6.92 Å². The molecule has 2 aliphatic rings. The fourth-order valence-corrected chi connectivity index (χ4v) is 2.94. The van der Waals surface area contributed by atoms with Crippen molar-refractivity contribution in [3.8, 4) is 0 Å². The number of piperidine rings is 1. The van der Waals surface area contributed by atoms with Crippen LogP contribution in [-0.4, -0.2) is 51.7 Å². The molecule has 2 atom stereocenters. The van der Waals surface area contributed by atoms with Crippen LogP contribution in [0.4, 0.5) is 4.79 Å². The van der Waals surface area contributed by atoms with Crippen molar-refractivity contribution >= 4 is 16.4 Å². The third-order valence-corrected chi connectivity index (χ3v) is 3.69. The number of aromatic nitrogens is 2. The largest absolute Gasteiger partial charge is 0.418 e. The molecule has 1 aromatic rings. The molecule has 0 aliphatic carbocycles. The molecule has 0 saturated carbocycles. The number of carbonyl (C=O) groups excluding carboxylic acids is 1. The molecule has 2 fully saturated rings. The molecule has 0 aromatic carbocycles. The number of aryl methyl sites for hydroxylation is 1. The van der Waals surface area contributed by atoms with E-state index in [9.17, 15) is 13.2 Å². The molecule has 2 amide bonds. The van der Waals surface area contributed by atoms with Gasteiger partial charge >= 0.3 is 16.4 Å². The van der Waals surface area contributed by atoms with Gasteiger partial charge in [0.1, 0.15) is 0 Å². The van der Waals surface area contributed by atoms with E-state index in [4.69, 9.17) is 9.08 Å². The van der Waals surface area contributed by atoms with E-state index in [1.165, 1.54) is 4.90 Å². The fourth-order valence-electron chi connectivity index (χ4n) is 2.55. The van der Waals surface area contributed by atoms with Crippen molar-refractivity contribution in [1.29, 1.82) is 0 Å². The summed E-state index contributed by atoms with van der Waals surface area (Å²) in [6, 6.07) is -1.45. The third kappa shape index (κ3) is 2.23. The summed E-state index contributed by atoms with van der Waals surface area (Å²) in [5.74, 6) is 0.766. The molecule has 1 aromatic heterocycles. The van der Waals surface area contributed by atoms with E-state index in [-0.39, 0.29) is 12.6 Å². The number of nitrogens with zero attached hydrogens (tertiary/aromatic N) is 4. The van der Waals surface area contributed by atoms with Crippen molar-refractivity contribution in [2.45, 2.75) is 31.8 Å². The highest BCUT2D eigenvalue weighted by Crippen LogP contribution is 2.37. The van der Waals surface area contributed by atoms with Gasteiger partial charge in [-0.05, 0) is 12.8 Å². The van der Waals surface area contributed by atoms with Crippen molar-refractivity contribution < 1.29 is 26.6 Å². The molecule has 1 unspecified atom stereocenters. The Bertz CT molecular complexity index is 643. The monoisotopic (exact) mass is 304 g/mol. The van der Waals surface area contributed by atoms with Crippen LogP contribution < -0.4 is 0 Å². The van der Waals surface area contributed by atoms with Crippen molar-refractivity contribution in [3.05, 3.63) is 11.7 Å². The Kier molecular flexibility index (Phi) is 2.92. The van der Waals surface area contributed by atoms with Crippen LogP contribution in [0.5, 0.6) is 0 Å². The van der Waals surface area contributed by atoms with E-state index in [1.54, 1.807) is 6.92 Å². The SMILES string of the molecule is Cc1nc([C@@H]2CCC3CN2C(=O)N3OS(=O)(=O)O)no1. The van der Waals surface area contributed by atoms with Gasteiger partial charge in [-0.25, -0.2) is 4.79 Å². The van der Waals surface area contributed by atoms with Gasteiger partial charge in [0.15, 0.2) is 5.82 Å². The minimum Gasteiger partial charge on any atom is -0.340 e. The molecule has 3 rings (SSSR count). The molecule has 2 aliphatic heterocycles. The Morgan fingerprint density at radius 2 is 2.20 bits per heavy atom. The Morgan fingerprint density at radius 3 is 2.80 bits per heavy atom. The summed E-state index contributed by atoms with van der Waals surface area (Å²) in [6.07, 6.45) is 1.07. The van der Waals surface area contributed by atoms with Gasteiger partial charge in [0, 0.05) is 13.5 Å². The van der Waals surface area contributed by atoms with E-state index < -0.39 is 22.5 Å². The average molecular weight is 304 g/mol. The molecule has 3 heterocycles. The summed E-state index contributed by atoms with van der Waals surface area (Å²) in [5, 5.41) is 4.47. The number of amides is 2. The minimum atomic E-state index is -4.73. The first-order valence-corrected chi connectivity index (χ1v) is 7.29. The van der Waals surface area contributed by atoms with Crippen LogP contribution in [0.3, 0.4) is 0 Å². The predicted octanol–water partition coefficient (Wildman–Crippen LogP) is 0.0535. The normalized spacial score (nSPS) is 26.4. The summed E-state index contributed by atoms with van der Waals surface area (Å²) in [5.41, 5.74) is 0. The fraction of sp³-hybridized carbons (Fsp3) is 0.667. The molecular weight excluding hydrogens is 292 g/mol. The molecule has 10 nitrogen and oxygen atoms in total. The second kappa shape index (κ2) is 4.40. The number of urea groups is 1. The Balaban J connectivity index is 1.84. The van der Waals surface area contributed by atoms with Gasteiger partial charge in [-0.1, -0.05) is 5.16 Å². The second-order valence-electron chi connectivity index (χ2n) is 4.68. The van der Waals surface area contributed by atoms with Gasteiger partial charge in [-0.3, -0.25) is 4.55 Å². The second-order valence-corrected chi connectivity index (χ2v) is 5.69. The van der Waals surface area contributed by atoms with Gasteiger partial charge in [-0.2, -0.15) is 18.5 Å². The first-order valence-electron chi connectivity index (χ1n) is 5.92. The Morgan fingerprint density at radius 1 is 1.45 bits per heavy atom. The molecule has 2 saturated heterocycles. The van der Waals surface area contributed by atoms with E-state index in [0.29, 0.717) is 29.6 Å². The van der Waals surface area contributed by atoms with Crippen LogP contribution >= 0.6 is 0 Å². The summed E-state index contributed by atoms with van der Waals surface area (Å²) >= 11 is 0. The highest BCUT2D eigenvalue weighted by atomic mass is 32.3. The number of fused-ring (bicyclic) bond motifs is 2. The smallest absolute Gasteiger partial charge is 0.340 e. The summed E-state index contributed by atoms with van der Waals surface area (Å²) in [4.78, 5) is 17.6. The summed E-state index contributed by atoms with van der Waals surface area (Å²) < 4.78 is 39.4. The van der Waals surface area contributed by atoms with Gasteiger partial charge < -0.3 is 9.42 Å². The lowest BCUT2D eigenvalue weighted by atomic mass is 10.0. The van der Waals surface area contributed by atoms with Crippen LogP contribution in [0.25, 0.3) is 0 Å². The number of hydrogen-bond acceptors (Lipinski definition) is 7.